The van der Waals surface area contributed by atoms with E-state index in [1.54, 1.807) is 22.9 Å². The quantitative estimate of drug-likeness (QED) is 0.696. The van der Waals surface area contributed by atoms with E-state index in [2.05, 4.69) is 16.0 Å². The van der Waals surface area contributed by atoms with Gasteiger partial charge in [0.25, 0.3) is 11.8 Å². The van der Waals surface area contributed by atoms with Gasteiger partial charge >= 0.3 is 0 Å². The fourth-order valence-corrected chi connectivity index (χ4v) is 2.23. The minimum Gasteiger partial charge on any atom is -0.490 e. The average molecular weight is 360 g/mol. The molecule has 2 N–H and O–H groups in total. The van der Waals surface area contributed by atoms with E-state index >= 15 is 0 Å². The molecule has 8 nitrogen and oxygen atoms in total. The van der Waals surface area contributed by atoms with Crippen molar-refractivity contribution in [2.24, 2.45) is 0 Å². The molecule has 0 aliphatic rings. The van der Waals surface area contributed by atoms with Crippen molar-refractivity contribution in [2.75, 3.05) is 13.2 Å². The van der Waals surface area contributed by atoms with Crippen LogP contribution >= 0.6 is 0 Å². The molecule has 0 aliphatic carbocycles. The lowest BCUT2D eigenvalue weighted by atomic mass is 10.3. The molecule has 0 unspecified atom stereocenters. The number of nitrogens with one attached hydrogen (secondary N) is 2. The van der Waals surface area contributed by atoms with Gasteiger partial charge in [-0.1, -0.05) is 19.1 Å². The summed E-state index contributed by atoms with van der Waals surface area (Å²) in [5, 5.41) is 4.19. The van der Waals surface area contributed by atoms with Crippen molar-refractivity contribution in [3.05, 3.63) is 41.7 Å². The summed E-state index contributed by atoms with van der Waals surface area (Å²) in [6.07, 6.45) is 0.871. The maximum absolute atomic E-state index is 11.9. The summed E-state index contributed by atoms with van der Waals surface area (Å²) in [7, 11) is 0. The van der Waals surface area contributed by atoms with Crippen molar-refractivity contribution < 1.29 is 19.1 Å². The first kappa shape index (κ1) is 19.3. The summed E-state index contributed by atoms with van der Waals surface area (Å²) in [6.45, 7) is 6.06. The van der Waals surface area contributed by atoms with E-state index in [0.29, 0.717) is 18.1 Å². The lowest BCUT2D eigenvalue weighted by Crippen LogP contribution is -2.45. The first-order valence-corrected chi connectivity index (χ1v) is 8.43. The summed E-state index contributed by atoms with van der Waals surface area (Å²) >= 11 is 0. The first-order valence-electron chi connectivity index (χ1n) is 8.43. The number of amides is 2. The lowest BCUT2D eigenvalue weighted by molar-refractivity contribution is -0.130. The SMILES string of the molecule is CCCOc1ccccc1OCC(=O)NNC(=O)Cn1nc(C)cc1C. The van der Waals surface area contributed by atoms with Crippen molar-refractivity contribution in [3.8, 4) is 11.5 Å². The normalized spacial score (nSPS) is 10.3. The lowest BCUT2D eigenvalue weighted by Gasteiger charge is -2.12. The minimum atomic E-state index is -0.475. The number of hydrazine groups is 1. The highest BCUT2D eigenvalue weighted by Crippen LogP contribution is 2.26. The van der Waals surface area contributed by atoms with Crippen LogP contribution in [0.5, 0.6) is 11.5 Å². The zero-order chi connectivity index (χ0) is 18.9. The number of para-hydroxylation sites is 2. The first-order chi connectivity index (χ1) is 12.5. The highest BCUT2D eigenvalue weighted by atomic mass is 16.5. The number of hydrogen-bond acceptors (Lipinski definition) is 5. The van der Waals surface area contributed by atoms with E-state index in [0.717, 1.165) is 17.8 Å². The van der Waals surface area contributed by atoms with Gasteiger partial charge in [-0.2, -0.15) is 5.10 Å². The Bertz CT molecular complexity index is 757. The molecule has 0 saturated carbocycles. The van der Waals surface area contributed by atoms with Gasteiger partial charge in [0.2, 0.25) is 0 Å². The third kappa shape index (κ3) is 5.80. The Labute approximate surface area is 152 Å². The molecular formula is C18H24N4O4. The van der Waals surface area contributed by atoms with Crippen LogP contribution in [0.4, 0.5) is 0 Å². The van der Waals surface area contributed by atoms with Crippen LogP contribution in [0, 0.1) is 13.8 Å². The van der Waals surface area contributed by atoms with Gasteiger partial charge in [0, 0.05) is 5.69 Å². The molecule has 26 heavy (non-hydrogen) atoms. The van der Waals surface area contributed by atoms with Crippen LogP contribution in [0.15, 0.2) is 30.3 Å². The Kier molecular flexibility index (Phi) is 7.02. The zero-order valence-corrected chi connectivity index (χ0v) is 15.2. The summed E-state index contributed by atoms with van der Waals surface area (Å²) in [5.74, 6) is 0.203. The summed E-state index contributed by atoms with van der Waals surface area (Å²) in [5.41, 5.74) is 6.36. The van der Waals surface area contributed by atoms with Crippen LogP contribution in [-0.2, 0) is 16.1 Å². The second-order valence-corrected chi connectivity index (χ2v) is 5.76. The third-order valence-electron chi connectivity index (χ3n) is 3.41. The van der Waals surface area contributed by atoms with Crippen LogP contribution in [0.25, 0.3) is 0 Å². The number of benzene rings is 1. The summed E-state index contributed by atoms with van der Waals surface area (Å²) in [6, 6.07) is 9.00. The number of carbonyl (C=O) groups is 2. The number of nitrogens with zero attached hydrogens (tertiary/aromatic N) is 2. The molecule has 1 heterocycles. The largest absolute Gasteiger partial charge is 0.490 e. The fourth-order valence-electron chi connectivity index (χ4n) is 2.23. The molecule has 0 spiro atoms. The molecule has 140 valence electrons. The van der Waals surface area contributed by atoms with E-state index in [1.165, 1.54) is 0 Å². The number of ether oxygens (including phenoxy) is 2. The van der Waals surface area contributed by atoms with E-state index in [9.17, 15) is 9.59 Å². The van der Waals surface area contributed by atoms with Gasteiger partial charge in [0.15, 0.2) is 18.1 Å². The van der Waals surface area contributed by atoms with Crippen molar-refractivity contribution >= 4 is 11.8 Å². The van der Waals surface area contributed by atoms with Crippen LogP contribution in [0.1, 0.15) is 24.7 Å². The highest BCUT2D eigenvalue weighted by Gasteiger charge is 2.10. The van der Waals surface area contributed by atoms with Crippen molar-refractivity contribution in [1.82, 2.24) is 20.6 Å². The Hall–Kier alpha value is -3.03. The zero-order valence-electron chi connectivity index (χ0n) is 15.2. The number of carbonyl (C=O) groups excluding carboxylic acids is 2. The van der Waals surface area contributed by atoms with Crippen LogP contribution in [0.2, 0.25) is 0 Å². The van der Waals surface area contributed by atoms with Crippen LogP contribution in [-0.4, -0.2) is 34.8 Å². The van der Waals surface area contributed by atoms with Gasteiger partial charge in [-0.25, -0.2) is 0 Å². The Morgan fingerprint density at radius 3 is 2.35 bits per heavy atom. The van der Waals surface area contributed by atoms with Crippen molar-refractivity contribution in [2.45, 2.75) is 33.7 Å². The molecule has 2 aromatic rings. The summed E-state index contributed by atoms with van der Waals surface area (Å²) in [4.78, 5) is 23.7. The number of hydrogen-bond donors (Lipinski definition) is 2. The Morgan fingerprint density at radius 2 is 1.73 bits per heavy atom. The van der Waals surface area contributed by atoms with Crippen molar-refractivity contribution in [3.63, 3.8) is 0 Å². The Balaban J connectivity index is 1.77. The topological polar surface area (TPSA) is 94.5 Å². The second kappa shape index (κ2) is 9.45. The van der Waals surface area contributed by atoms with Gasteiger partial charge in [0.05, 0.1) is 12.3 Å². The van der Waals surface area contributed by atoms with Gasteiger partial charge in [-0.3, -0.25) is 25.1 Å². The molecule has 0 radical (unpaired) electrons. The Morgan fingerprint density at radius 1 is 1.08 bits per heavy atom. The second-order valence-electron chi connectivity index (χ2n) is 5.76. The molecule has 0 bridgehead atoms. The fraction of sp³-hybridized carbons (Fsp3) is 0.389. The van der Waals surface area contributed by atoms with Crippen LogP contribution in [0.3, 0.4) is 0 Å². The molecule has 1 aromatic carbocycles. The molecule has 1 aromatic heterocycles. The van der Waals surface area contributed by atoms with Crippen LogP contribution < -0.4 is 20.3 Å². The highest BCUT2D eigenvalue weighted by molar-refractivity contribution is 5.82. The van der Waals surface area contributed by atoms with E-state index in [-0.39, 0.29) is 19.1 Å². The average Bonchev–Trinajstić information content (AvgIpc) is 2.94. The van der Waals surface area contributed by atoms with Gasteiger partial charge in [0.1, 0.15) is 6.54 Å². The number of aryl methyl sites for hydroxylation is 2. The molecular weight excluding hydrogens is 336 g/mol. The standard InChI is InChI=1S/C18H24N4O4/c1-4-9-25-15-7-5-6-8-16(15)26-12-18(24)20-19-17(23)11-22-14(3)10-13(2)21-22/h5-8,10H,4,9,11-12H2,1-3H3,(H,19,23)(H,20,24). The smallest absolute Gasteiger partial charge is 0.276 e. The van der Waals surface area contributed by atoms with E-state index in [1.807, 2.05) is 32.9 Å². The molecule has 2 amide bonds. The molecule has 8 heteroatoms. The molecule has 0 saturated heterocycles. The molecule has 0 aliphatic heterocycles. The molecule has 0 atom stereocenters. The number of rotatable bonds is 8. The predicted molar refractivity (Wildman–Crippen MR) is 95.7 cm³/mol. The predicted octanol–water partition coefficient (Wildman–Crippen LogP) is 1.52. The minimum absolute atomic E-state index is 0.0223. The maximum Gasteiger partial charge on any atom is 0.276 e. The van der Waals surface area contributed by atoms with Gasteiger partial charge in [-0.15, -0.1) is 0 Å². The third-order valence-corrected chi connectivity index (χ3v) is 3.41. The van der Waals surface area contributed by atoms with Crippen molar-refractivity contribution in [1.29, 1.82) is 0 Å². The van der Waals surface area contributed by atoms with E-state index < -0.39 is 5.91 Å². The summed E-state index contributed by atoms with van der Waals surface area (Å²) < 4.78 is 12.6. The van der Waals surface area contributed by atoms with Gasteiger partial charge < -0.3 is 9.47 Å². The van der Waals surface area contributed by atoms with Gasteiger partial charge in [-0.05, 0) is 38.5 Å². The molecule has 0 fully saturated rings. The molecule has 2 rings (SSSR count). The maximum atomic E-state index is 11.9. The van der Waals surface area contributed by atoms with E-state index in [4.69, 9.17) is 9.47 Å². The number of aromatic nitrogens is 2. The monoisotopic (exact) mass is 360 g/mol.